The predicted molar refractivity (Wildman–Crippen MR) is 91.0 cm³/mol. The molecule has 0 saturated carbocycles. The van der Waals surface area contributed by atoms with Crippen molar-refractivity contribution in [3.8, 4) is 5.75 Å². The first-order chi connectivity index (χ1) is 10.7. The quantitative estimate of drug-likeness (QED) is 0.346. The summed E-state index contributed by atoms with van der Waals surface area (Å²) < 4.78 is 10.2. The van der Waals surface area contributed by atoms with Gasteiger partial charge in [-0.2, -0.15) is 0 Å². The topological polar surface area (TPSA) is 35.5 Å². The molecule has 0 heterocycles. The monoisotopic (exact) mass is 304 g/mol. The molecule has 0 bridgehead atoms. The van der Waals surface area contributed by atoms with Crippen molar-refractivity contribution in [1.82, 2.24) is 0 Å². The molecule has 0 aliphatic carbocycles. The Balaban J connectivity index is 2.74. The van der Waals surface area contributed by atoms with Crippen LogP contribution in [0.4, 0.5) is 0 Å². The van der Waals surface area contributed by atoms with Crippen LogP contribution in [0.2, 0.25) is 0 Å². The molecule has 0 atom stereocenters. The molecule has 1 aromatic carbocycles. The summed E-state index contributed by atoms with van der Waals surface area (Å²) in [4.78, 5) is 11.8. The average Bonchev–Trinajstić information content (AvgIpc) is 2.54. The van der Waals surface area contributed by atoms with Crippen molar-refractivity contribution in [3.63, 3.8) is 0 Å². The lowest BCUT2D eigenvalue weighted by molar-refractivity contribution is -0.137. The van der Waals surface area contributed by atoms with E-state index < -0.39 is 0 Å². The van der Waals surface area contributed by atoms with E-state index in [-0.39, 0.29) is 5.97 Å². The summed E-state index contributed by atoms with van der Waals surface area (Å²) in [5.74, 6) is 0.559. The maximum absolute atomic E-state index is 11.8. The van der Waals surface area contributed by atoms with E-state index >= 15 is 0 Å². The van der Waals surface area contributed by atoms with Gasteiger partial charge >= 0.3 is 5.97 Å². The van der Waals surface area contributed by atoms with Gasteiger partial charge < -0.3 is 9.47 Å². The summed E-state index contributed by atoms with van der Waals surface area (Å²) in [6.07, 6.45) is 8.59. The zero-order valence-electron chi connectivity index (χ0n) is 14.1. The second-order valence-corrected chi connectivity index (χ2v) is 5.31. The van der Waals surface area contributed by atoms with Crippen molar-refractivity contribution in [2.24, 2.45) is 0 Å². The highest BCUT2D eigenvalue weighted by Crippen LogP contribution is 2.24. The molecular weight excluding hydrogens is 276 g/mol. The Morgan fingerprint density at radius 3 is 2.32 bits per heavy atom. The van der Waals surface area contributed by atoms with Gasteiger partial charge in [-0.05, 0) is 43.0 Å². The number of unbranched alkanes of at least 4 members (excludes halogenated alkanes) is 4. The zero-order chi connectivity index (χ0) is 16.2. The van der Waals surface area contributed by atoms with Crippen LogP contribution in [0.5, 0.6) is 5.75 Å². The summed E-state index contributed by atoms with van der Waals surface area (Å²) in [7, 11) is 1.65. The van der Waals surface area contributed by atoms with Crippen molar-refractivity contribution < 1.29 is 14.3 Å². The van der Waals surface area contributed by atoms with E-state index in [0.29, 0.717) is 6.61 Å². The molecule has 0 aromatic heterocycles. The average molecular weight is 304 g/mol. The van der Waals surface area contributed by atoms with Crippen molar-refractivity contribution in [3.05, 3.63) is 35.9 Å². The number of benzene rings is 1. The molecule has 0 amide bonds. The third-order valence-corrected chi connectivity index (χ3v) is 3.59. The van der Waals surface area contributed by atoms with E-state index in [1.54, 1.807) is 13.2 Å². The van der Waals surface area contributed by atoms with Gasteiger partial charge in [0.15, 0.2) is 0 Å². The number of carbonyl (C=O) groups is 1. The van der Waals surface area contributed by atoms with Crippen LogP contribution in [-0.2, 0) is 9.53 Å². The van der Waals surface area contributed by atoms with E-state index in [1.807, 2.05) is 31.2 Å². The largest absolute Gasteiger partial charge is 0.497 e. The fraction of sp³-hybridized carbons (Fsp3) is 0.526. The minimum Gasteiger partial charge on any atom is -0.497 e. The SMILES string of the molecule is CCCCCCCC(=CC(=O)OCC)c1ccc(OC)cc1. The predicted octanol–water partition coefficient (Wildman–Crippen LogP) is 5.00. The number of methoxy groups -OCH3 is 1. The number of allylic oxidation sites excluding steroid dienone is 1. The minimum absolute atomic E-state index is 0.262. The highest BCUT2D eigenvalue weighted by atomic mass is 16.5. The molecule has 22 heavy (non-hydrogen) atoms. The van der Waals surface area contributed by atoms with Crippen LogP contribution in [-0.4, -0.2) is 19.7 Å². The van der Waals surface area contributed by atoms with Crippen LogP contribution >= 0.6 is 0 Å². The van der Waals surface area contributed by atoms with Crippen molar-refractivity contribution in [1.29, 1.82) is 0 Å². The zero-order valence-corrected chi connectivity index (χ0v) is 14.1. The summed E-state index contributed by atoms with van der Waals surface area (Å²) in [6.45, 7) is 4.44. The molecule has 0 unspecified atom stereocenters. The van der Waals surface area contributed by atoms with E-state index in [2.05, 4.69) is 6.92 Å². The Morgan fingerprint density at radius 2 is 1.73 bits per heavy atom. The van der Waals surface area contributed by atoms with E-state index in [0.717, 1.165) is 29.7 Å². The number of hydrogen-bond acceptors (Lipinski definition) is 3. The number of carbonyl (C=O) groups excluding carboxylic acids is 1. The molecule has 0 N–H and O–H groups in total. The molecule has 0 aliphatic heterocycles. The first-order valence-corrected chi connectivity index (χ1v) is 8.23. The van der Waals surface area contributed by atoms with Gasteiger partial charge in [0.1, 0.15) is 5.75 Å². The lowest BCUT2D eigenvalue weighted by Crippen LogP contribution is -2.01. The smallest absolute Gasteiger partial charge is 0.331 e. The van der Waals surface area contributed by atoms with Gasteiger partial charge in [0.05, 0.1) is 13.7 Å². The molecule has 0 saturated heterocycles. The summed E-state index contributed by atoms with van der Waals surface area (Å²) in [6, 6.07) is 7.84. The van der Waals surface area contributed by atoms with Crippen LogP contribution in [0.3, 0.4) is 0 Å². The number of rotatable bonds is 10. The van der Waals surface area contributed by atoms with Crippen LogP contribution < -0.4 is 4.74 Å². The van der Waals surface area contributed by atoms with Gasteiger partial charge in [0, 0.05) is 6.08 Å². The Morgan fingerprint density at radius 1 is 1.05 bits per heavy atom. The third kappa shape index (κ3) is 6.79. The number of esters is 1. The Labute approximate surface area is 134 Å². The maximum atomic E-state index is 11.8. The molecule has 3 nitrogen and oxygen atoms in total. The highest BCUT2D eigenvalue weighted by molar-refractivity contribution is 5.91. The lowest BCUT2D eigenvalue weighted by Gasteiger charge is -2.09. The molecule has 0 spiro atoms. The Bertz CT molecular complexity index is 460. The van der Waals surface area contributed by atoms with Gasteiger partial charge in [-0.15, -0.1) is 0 Å². The molecule has 0 fully saturated rings. The molecular formula is C19H28O3. The molecule has 1 rings (SSSR count). The molecule has 1 aromatic rings. The van der Waals surface area contributed by atoms with Gasteiger partial charge in [0.2, 0.25) is 0 Å². The van der Waals surface area contributed by atoms with Crippen molar-refractivity contribution in [2.45, 2.75) is 52.4 Å². The van der Waals surface area contributed by atoms with Crippen LogP contribution in [0, 0.1) is 0 Å². The fourth-order valence-corrected chi connectivity index (χ4v) is 2.35. The van der Waals surface area contributed by atoms with Gasteiger partial charge in [-0.1, -0.05) is 44.7 Å². The normalized spacial score (nSPS) is 11.3. The standard InChI is InChI=1S/C19H28O3/c1-4-6-7-8-9-10-17(15-19(20)22-5-2)16-11-13-18(21-3)14-12-16/h11-15H,4-10H2,1-3H3. The van der Waals surface area contributed by atoms with Gasteiger partial charge in [-0.25, -0.2) is 4.79 Å². The second kappa shape index (κ2) is 10.9. The molecule has 122 valence electrons. The maximum Gasteiger partial charge on any atom is 0.331 e. The van der Waals surface area contributed by atoms with Crippen molar-refractivity contribution >= 4 is 11.5 Å². The lowest BCUT2D eigenvalue weighted by atomic mass is 9.98. The second-order valence-electron chi connectivity index (χ2n) is 5.31. The molecule has 0 radical (unpaired) electrons. The van der Waals surface area contributed by atoms with Gasteiger partial charge in [0.25, 0.3) is 0 Å². The van der Waals surface area contributed by atoms with Crippen LogP contribution in [0.15, 0.2) is 30.3 Å². The summed E-state index contributed by atoms with van der Waals surface area (Å²) in [5.41, 5.74) is 2.10. The molecule has 0 aliphatic rings. The fourth-order valence-electron chi connectivity index (χ4n) is 2.35. The van der Waals surface area contributed by atoms with E-state index in [1.165, 1.54) is 25.7 Å². The first-order valence-electron chi connectivity index (χ1n) is 8.23. The first kappa shape index (κ1) is 18.3. The minimum atomic E-state index is -0.262. The number of ether oxygens (including phenoxy) is 2. The van der Waals surface area contributed by atoms with Crippen LogP contribution in [0.1, 0.15) is 57.9 Å². The highest BCUT2D eigenvalue weighted by Gasteiger charge is 2.06. The number of hydrogen-bond donors (Lipinski definition) is 0. The van der Waals surface area contributed by atoms with E-state index in [9.17, 15) is 4.79 Å². The molecule has 3 heteroatoms. The van der Waals surface area contributed by atoms with Crippen LogP contribution in [0.25, 0.3) is 5.57 Å². The third-order valence-electron chi connectivity index (χ3n) is 3.59. The van der Waals surface area contributed by atoms with Gasteiger partial charge in [-0.3, -0.25) is 0 Å². The summed E-state index contributed by atoms with van der Waals surface area (Å²) >= 11 is 0. The Kier molecular flexibility index (Phi) is 9.04. The Hall–Kier alpha value is -1.77. The van der Waals surface area contributed by atoms with E-state index in [4.69, 9.17) is 9.47 Å². The van der Waals surface area contributed by atoms with Crippen molar-refractivity contribution in [2.75, 3.05) is 13.7 Å². The summed E-state index contributed by atoms with van der Waals surface area (Å²) in [5, 5.41) is 0.